The molecule has 1 amide bonds. The van der Waals surface area contributed by atoms with Crippen LogP contribution in [0.5, 0.6) is 0 Å². The Balaban J connectivity index is 1.34. The summed E-state index contributed by atoms with van der Waals surface area (Å²) in [7, 11) is 0. The van der Waals surface area contributed by atoms with Gasteiger partial charge in [0.25, 0.3) is 0 Å². The maximum atomic E-state index is 12.4. The van der Waals surface area contributed by atoms with Gasteiger partial charge in [-0.1, -0.05) is 24.3 Å². The second-order valence-corrected chi connectivity index (χ2v) is 8.51. The minimum atomic E-state index is -0.458. The van der Waals surface area contributed by atoms with Gasteiger partial charge in [-0.25, -0.2) is 0 Å². The van der Waals surface area contributed by atoms with Crippen LogP contribution in [0.4, 0.5) is 5.69 Å². The molecule has 6 nitrogen and oxygen atoms in total. The topological polar surface area (TPSA) is 78.9 Å². The van der Waals surface area contributed by atoms with E-state index in [-0.39, 0.29) is 23.9 Å². The number of fused-ring (bicyclic) bond motifs is 1. The van der Waals surface area contributed by atoms with Gasteiger partial charge in [-0.3, -0.25) is 14.5 Å². The number of carbonyl (C=O) groups is 2. The molecule has 150 valence electrons. The largest absolute Gasteiger partial charge is 0.465 e. The molecule has 0 spiro atoms. The van der Waals surface area contributed by atoms with E-state index >= 15 is 0 Å². The Bertz CT molecular complexity index is 767. The van der Waals surface area contributed by atoms with E-state index in [1.165, 1.54) is 0 Å². The standard InChI is InChI=1S/C22H28N2O4/c1-15-10-17-14-28-21(27)22(17,11-15)12-16-2-4-18(5-3-16)23-20(26)13-24-8-6-19(25)7-9-24/h2-5,17,19,25H,1,6-14H2,(H,23,26). The summed E-state index contributed by atoms with van der Waals surface area (Å²) in [5.74, 6) is 0.0874. The maximum absolute atomic E-state index is 12.4. The number of hydrogen-bond donors (Lipinski definition) is 2. The van der Waals surface area contributed by atoms with Crippen LogP contribution in [0.15, 0.2) is 36.4 Å². The number of ether oxygens (including phenoxy) is 1. The van der Waals surface area contributed by atoms with E-state index in [0.717, 1.165) is 49.2 Å². The van der Waals surface area contributed by atoms with Crippen LogP contribution in [0.25, 0.3) is 0 Å². The van der Waals surface area contributed by atoms with Crippen molar-refractivity contribution in [3.8, 4) is 0 Å². The second-order valence-electron chi connectivity index (χ2n) is 8.51. The van der Waals surface area contributed by atoms with Gasteiger partial charge in [-0.05, 0) is 49.8 Å². The number of anilines is 1. The summed E-state index contributed by atoms with van der Waals surface area (Å²) in [6.45, 7) is 6.42. The number of allylic oxidation sites excluding steroid dienone is 1. The molecule has 0 bridgehead atoms. The molecule has 4 rings (SSSR count). The lowest BCUT2D eigenvalue weighted by Gasteiger charge is -2.28. The summed E-state index contributed by atoms with van der Waals surface area (Å²) in [6, 6.07) is 7.74. The summed E-state index contributed by atoms with van der Waals surface area (Å²) in [5, 5.41) is 12.5. The Labute approximate surface area is 165 Å². The van der Waals surface area contributed by atoms with Crippen molar-refractivity contribution in [1.82, 2.24) is 4.90 Å². The molecule has 0 aromatic heterocycles. The highest BCUT2D eigenvalue weighted by molar-refractivity contribution is 5.92. The van der Waals surface area contributed by atoms with E-state index in [0.29, 0.717) is 26.0 Å². The van der Waals surface area contributed by atoms with E-state index in [1.807, 2.05) is 24.3 Å². The van der Waals surface area contributed by atoms with E-state index in [1.54, 1.807) is 0 Å². The first kappa shape index (κ1) is 19.2. The van der Waals surface area contributed by atoms with E-state index in [9.17, 15) is 14.7 Å². The Morgan fingerprint density at radius 3 is 2.71 bits per heavy atom. The van der Waals surface area contributed by atoms with Crippen LogP contribution in [0.1, 0.15) is 31.2 Å². The average Bonchev–Trinajstić information content (AvgIpc) is 3.13. The van der Waals surface area contributed by atoms with Crippen LogP contribution < -0.4 is 5.32 Å². The van der Waals surface area contributed by atoms with Gasteiger partial charge in [0.2, 0.25) is 5.91 Å². The van der Waals surface area contributed by atoms with Crippen molar-refractivity contribution in [3.63, 3.8) is 0 Å². The molecule has 1 aromatic carbocycles. The number of amides is 1. The number of benzene rings is 1. The molecule has 3 fully saturated rings. The highest BCUT2D eigenvalue weighted by Crippen LogP contribution is 2.52. The highest BCUT2D eigenvalue weighted by Gasteiger charge is 2.55. The third-order valence-electron chi connectivity index (χ3n) is 6.39. The van der Waals surface area contributed by atoms with Crippen LogP contribution in [-0.2, 0) is 20.7 Å². The predicted octanol–water partition coefficient (Wildman–Crippen LogP) is 2.13. The van der Waals surface area contributed by atoms with Crippen molar-refractivity contribution in [2.45, 2.75) is 38.2 Å². The molecule has 2 aliphatic heterocycles. The van der Waals surface area contributed by atoms with Gasteiger partial charge in [0.05, 0.1) is 24.7 Å². The zero-order valence-corrected chi connectivity index (χ0v) is 16.2. The number of piperidine rings is 1. The van der Waals surface area contributed by atoms with Crippen molar-refractivity contribution < 1.29 is 19.4 Å². The van der Waals surface area contributed by atoms with Crippen LogP contribution in [0, 0.1) is 11.3 Å². The SMILES string of the molecule is C=C1CC2COC(=O)C2(Cc2ccc(NC(=O)CN3CCC(O)CC3)cc2)C1. The number of nitrogens with zero attached hydrogens (tertiary/aromatic N) is 1. The Morgan fingerprint density at radius 1 is 1.29 bits per heavy atom. The fraction of sp³-hybridized carbons (Fsp3) is 0.545. The van der Waals surface area contributed by atoms with Crippen molar-refractivity contribution in [2.75, 3.05) is 31.6 Å². The summed E-state index contributed by atoms with van der Waals surface area (Å²) >= 11 is 0. The highest BCUT2D eigenvalue weighted by atomic mass is 16.5. The zero-order valence-electron chi connectivity index (χ0n) is 16.2. The van der Waals surface area contributed by atoms with Crippen LogP contribution in [0.3, 0.4) is 0 Å². The first-order valence-electron chi connectivity index (χ1n) is 10.1. The quantitative estimate of drug-likeness (QED) is 0.601. The Hall–Kier alpha value is -2.18. The fourth-order valence-electron chi connectivity index (χ4n) is 4.81. The minimum Gasteiger partial charge on any atom is -0.465 e. The number of aliphatic hydroxyl groups is 1. The van der Waals surface area contributed by atoms with Gasteiger partial charge in [-0.2, -0.15) is 0 Å². The molecule has 3 aliphatic rings. The number of rotatable bonds is 5. The smallest absolute Gasteiger partial charge is 0.313 e. The van der Waals surface area contributed by atoms with Crippen molar-refractivity contribution >= 4 is 17.6 Å². The fourth-order valence-corrected chi connectivity index (χ4v) is 4.81. The average molecular weight is 384 g/mol. The molecule has 2 unspecified atom stereocenters. The molecule has 1 aromatic rings. The summed E-state index contributed by atoms with van der Waals surface area (Å²) in [6.07, 6.45) is 3.44. The Morgan fingerprint density at radius 2 is 2.00 bits per heavy atom. The molecule has 28 heavy (non-hydrogen) atoms. The third-order valence-corrected chi connectivity index (χ3v) is 6.39. The second kappa shape index (κ2) is 7.68. The predicted molar refractivity (Wildman–Crippen MR) is 106 cm³/mol. The van der Waals surface area contributed by atoms with Gasteiger partial charge in [0, 0.05) is 24.7 Å². The van der Waals surface area contributed by atoms with Crippen LogP contribution in [-0.4, -0.2) is 54.2 Å². The van der Waals surface area contributed by atoms with E-state index in [2.05, 4.69) is 16.8 Å². The van der Waals surface area contributed by atoms with E-state index in [4.69, 9.17) is 4.74 Å². The first-order valence-corrected chi connectivity index (χ1v) is 10.1. The van der Waals surface area contributed by atoms with Gasteiger partial charge in [-0.15, -0.1) is 0 Å². The van der Waals surface area contributed by atoms with Crippen molar-refractivity contribution in [1.29, 1.82) is 0 Å². The lowest BCUT2D eigenvalue weighted by atomic mass is 9.75. The Kier molecular flexibility index (Phi) is 5.25. The van der Waals surface area contributed by atoms with Gasteiger partial charge >= 0.3 is 5.97 Å². The molecular weight excluding hydrogens is 356 g/mol. The molecule has 0 radical (unpaired) electrons. The summed E-state index contributed by atoms with van der Waals surface area (Å²) < 4.78 is 5.34. The molecule has 6 heteroatoms. The molecule has 2 N–H and O–H groups in total. The van der Waals surface area contributed by atoms with Gasteiger partial charge in [0.1, 0.15) is 0 Å². The van der Waals surface area contributed by atoms with Crippen LogP contribution >= 0.6 is 0 Å². The number of carbonyl (C=O) groups excluding carboxylic acids is 2. The summed E-state index contributed by atoms with van der Waals surface area (Å²) in [4.78, 5) is 26.7. The lowest BCUT2D eigenvalue weighted by Crippen LogP contribution is -2.40. The zero-order chi connectivity index (χ0) is 19.7. The molecule has 1 aliphatic carbocycles. The monoisotopic (exact) mass is 384 g/mol. The van der Waals surface area contributed by atoms with Crippen molar-refractivity contribution in [2.24, 2.45) is 11.3 Å². The number of esters is 1. The maximum Gasteiger partial charge on any atom is 0.313 e. The number of nitrogens with one attached hydrogen (secondary N) is 1. The molecule has 1 saturated carbocycles. The molecule has 2 heterocycles. The third kappa shape index (κ3) is 3.84. The molecule has 2 atom stereocenters. The van der Waals surface area contributed by atoms with E-state index < -0.39 is 5.41 Å². The normalized spacial score (nSPS) is 28.2. The molecular formula is C22H28N2O4. The lowest BCUT2D eigenvalue weighted by molar-refractivity contribution is -0.146. The van der Waals surface area contributed by atoms with Gasteiger partial charge in [0.15, 0.2) is 0 Å². The molecule has 2 saturated heterocycles. The summed E-state index contributed by atoms with van der Waals surface area (Å²) in [5.41, 5.74) is 2.50. The van der Waals surface area contributed by atoms with Crippen molar-refractivity contribution in [3.05, 3.63) is 42.0 Å². The minimum absolute atomic E-state index is 0.0470. The first-order chi connectivity index (χ1) is 13.4. The number of cyclic esters (lactones) is 1. The van der Waals surface area contributed by atoms with Crippen LogP contribution in [0.2, 0.25) is 0 Å². The number of aliphatic hydroxyl groups excluding tert-OH is 1. The number of hydrogen-bond acceptors (Lipinski definition) is 5. The number of likely N-dealkylation sites (tertiary alicyclic amines) is 1. The van der Waals surface area contributed by atoms with Gasteiger partial charge < -0.3 is 15.2 Å².